The number of carbonyl (C=O) groups is 1. The highest BCUT2D eigenvalue weighted by atomic mass is 16.5. The minimum Gasteiger partial charge on any atom is -0.373 e. The quantitative estimate of drug-likeness (QED) is 0.875. The second-order valence-corrected chi connectivity index (χ2v) is 6.27. The van der Waals surface area contributed by atoms with Crippen LogP contribution in [0.4, 0.5) is 5.95 Å². The van der Waals surface area contributed by atoms with Crippen molar-refractivity contribution in [3.8, 4) is 0 Å². The number of piperidine rings is 1. The summed E-state index contributed by atoms with van der Waals surface area (Å²) in [6.45, 7) is 4.27. The van der Waals surface area contributed by atoms with Gasteiger partial charge in [0.05, 0.1) is 18.8 Å². The Balaban J connectivity index is 1.42. The van der Waals surface area contributed by atoms with Crippen molar-refractivity contribution in [1.82, 2.24) is 14.9 Å². The first kappa shape index (κ1) is 17.5. The highest BCUT2D eigenvalue weighted by Crippen LogP contribution is 2.18. The molecule has 0 bridgehead atoms. The molecular weight excluding hydrogens is 316 g/mol. The van der Waals surface area contributed by atoms with Crippen molar-refractivity contribution in [3.63, 3.8) is 0 Å². The second kappa shape index (κ2) is 8.69. The third-order valence-electron chi connectivity index (χ3n) is 4.53. The van der Waals surface area contributed by atoms with Crippen molar-refractivity contribution in [3.05, 3.63) is 54.4 Å². The molecule has 0 aliphatic carbocycles. The molecule has 132 valence electrons. The van der Waals surface area contributed by atoms with Gasteiger partial charge in [0.2, 0.25) is 11.9 Å². The molecule has 3 rings (SSSR count). The summed E-state index contributed by atoms with van der Waals surface area (Å²) >= 11 is 0. The Bertz CT molecular complexity index is 658. The molecule has 1 aromatic heterocycles. The molecule has 0 radical (unpaired) electrons. The van der Waals surface area contributed by atoms with Crippen molar-refractivity contribution >= 4 is 11.9 Å². The number of hydrogen-bond donors (Lipinski definition) is 1. The Kier molecular flexibility index (Phi) is 6.09. The smallest absolute Gasteiger partial charge is 0.243 e. The summed E-state index contributed by atoms with van der Waals surface area (Å²) in [7, 11) is 0. The summed E-state index contributed by atoms with van der Waals surface area (Å²) in [5.41, 5.74) is 1.19. The lowest BCUT2D eigenvalue weighted by atomic mass is 10.1. The number of ether oxygens (including phenoxy) is 1. The lowest BCUT2D eigenvalue weighted by molar-refractivity contribution is -0.122. The molecule has 1 N–H and O–H groups in total. The van der Waals surface area contributed by atoms with E-state index in [1.807, 2.05) is 25.1 Å². The molecule has 6 heteroatoms. The number of amides is 1. The number of nitrogens with zero attached hydrogens (tertiary/aromatic N) is 3. The van der Waals surface area contributed by atoms with Gasteiger partial charge in [0.1, 0.15) is 0 Å². The number of hydrogen-bond acceptors (Lipinski definition) is 5. The number of nitrogens with one attached hydrogen (secondary N) is 1. The first-order valence-corrected chi connectivity index (χ1v) is 8.70. The molecule has 1 aromatic carbocycles. The molecule has 0 spiro atoms. The van der Waals surface area contributed by atoms with Gasteiger partial charge < -0.3 is 4.74 Å². The molecule has 1 aliphatic rings. The predicted molar refractivity (Wildman–Crippen MR) is 95.9 cm³/mol. The Morgan fingerprint density at radius 2 is 1.88 bits per heavy atom. The fourth-order valence-electron chi connectivity index (χ4n) is 2.96. The highest BCUT2D eigenvalue weighted by Gasteiger charge is 2.27. The van der Waals surface area contributed by atoms with Crippen LogP contribution in [0.3, 0.4) is 0 Å². The van der Waals surface area contributed by atoms with Gasteiger partial charge >= 0.3 is 0 Å². The average molecular weight is 340 g/mol. The van der Waals surface area contributed by atoms with Crippen molar-refractivity contribution in [2.24, 2.45) is 0 Å². The van der Waals surface area contributed by atoms with Gasteiger partial charge in [-0.15, -0.1) is 0 Å². The Morgan fingerprint density at radius 3 is 2.56 bits per heavy atom. The van der Waals surface area contributed by atoms with Crippen LogP contribution in [0.1, 0.15) is 25.3 Å². The van der Waals surface area contributed by atoms with Crippen LogP contribution in [-0.4, -0.2) is 46.0 Å². The van der Waals surface area contributed by atoms with Gasteiger partial charge in [-0.05, 0) is 31.4 Å². The molecule has 0 saturated carbocycles. The van der Waals surface area contributed by atoms with Crippen LogP contribution in [0.15, 0.2) is 48.8 Å². The van der Waals surface area contributed by atoms with Crippen LogP contribution < -0.4 is 5.32 Å². The Hall–Kier alpha value is -2.31. The third kappa shape index (κ3) is 5.08. The van der Waals surface area contributed by atoms with E-state index in [0.717, 1.165) is 25.9 Å². The van der Waals surface area contributed by atoms with E-state index in [1.54, 1.807) is 18.5 Å². The van der Waals surface area contributed by atoms with Gasteiger partial charge in [-0.3, -0.25) is 15.0 Å². The summed E-state index contributed by atoms with van der Waals surface area (Å²) in [5, 5.41) is 2.76. The monoisotopic (exact) mass is 340 g/mol. The van der Waals surface area contributed by atoms with Crippen LogP contribution in [0.2, 0.25) is 0 Å². The zero-order chi connectivity index (χ0) is 17.5. The fourth-order valence-corrected chi connectivity index (χ4v) is 2.96. The fraction of sp³-hybridized carbons (Fsp3) is 0.421. The summed E-state index contributed by atoms with van der Waals surface area (Å²) in [5.74, 6) is 0.273. The Morgan fingerprint density at radius 1 is 1.20 bits per heavy atom. The van der Waals surface area contributed by atoms with Gasteiger partial charge in [0.15, 0.2) is 0 Å². The molecule has 1 unspecified atom stereocenters. The molecular formula is C19H24N4O2. The van der Waals surface area contributed by atoms with Gasteiger partial charge in [-0.2, -0.15) is 0 Å². The topological polar surface area (TPSA) is 67.4 Å². The lowest BCUT2D eigenvalue weighted by Crippen LogP contribution is -2.47. The van der Waals surface area contributed by atoms with E-state index >= 15 is 0 Å². The van der Waals surface area contributed by atoms with Crippen LogP contribution >= 0.6 is 0 Å². The maximum Gasteiger partial charge on any atom is 0.243 e. The molecule has 1 aliphatic heterocycles. The summed E-state index contributed by atoms with van der Waals surface area (Å²) < 4.78 is 6.01. The maximum absolute atomic E-state index is 12.3. The average Bonchev–Trinajstić information content (AvgIpc) is 2.68. The van der Waals surface area contributed by atoms with E-state index in [4.69, 9.17) is 4.74 Å². The van der Waals surface area contributed by atoms with E-state index in [2.05, 4.69) is 32.3 Å². The van der Waals surface area contributed by atoms with Crippen molar-refractivity contribution in [1.29, 1.82) is 0 Å². The number of rotatable bonds is 6. The highest BCUT2D eigenvalue weighted by molar-refractivity contribution is 5.93. The van der Waals surface area contributed by atoms with Crippen molar-refractivity contribution < 1.29 is 9.53 Å². The minimum absolute atomic E-state index is 0.0742. The largest absolute Gasteiger partial charge is 0.373 e. The van der Waals surface area contributed by atoms with Gasteiger partial charge in [0, 0.05) is 25.5 Å². The molecule has 25 heavy (non-hydrogen) atoms. The Labute approximate surface area is 148 Å². The molecule has 1 amide bonds. The van der Waals surface area contributed by atoms with Crippen molar-refractivity contribution in [2.45, 2.75) is 38.5 Å². The number of aromatic nitrogens is 2. The summed E-state index contributed by atoms with van der Waals surface area (Å²) in [4.78, 5) is 22.6. The number of anilines is 1. The van der Waals surface area contributed by atoms with Gasteiger partial charge in [0.25, 0.3) is 0 Å². The van der Waals surface area contributed by atoms with E-state index in [0.29, 0.717) is 12.6 Å². The summed E-state index contributed by atoms with van der Waals surface area (Å²) in [6, 6.07) is 11.7. The van der Waals surface area contributed by atoms with Crippen molar-refractivity contribution in [2.75, 3.05) is 18.4 Å². The standard InChI is InChI=1S/C19H24N4O2/c1-15(18(24)22-19-20-10-5-11-21-19)23-12-8-17(9-13-23)25-14-16-6-3-2-4-7-16/h2-7,10-11,15,17H,8-9,12-14H2,1H3,(H,20,21,22,24). The van der Waals surface area contributed by atoms with E-state index in [9.17, 15) is 4.79 Å². The lowest BCUT2D eigenvalue weighted by Gasteiger charge is -2.35. The van der Waals surface area contributed by atoms with Gasteiger partial charge in [-0.25, -0.2) is 9.97 Å². The van der Waals surface area contributed by atoms with Crippen LogP contribution in [-0.2, 0) is 16.1 Å². The molecule has 1 saturated heterocycles. The molecule has 2 aromatic rings. The van der Waals surface area contributed by atoms with Crippen LogP contribution in [0, 0.1) is 0 Å². The summed E-state index contributed by atoms with van der Waals surface area (Å²) in [6.07, 6.45) is 5.36. The minimum atomic E-state index is -0.209. The second-order valence-electron chi connectivity index (χ2n) is 6.27. The van der Waals surface area contributed by atoms with Crippen LogP contribution in [0.5, 0.6) is 0 Å². The normalized spacial score (nSPS) is 17.2. The zero-order valence-electron chi connectivity index (χ0n) is 14.5. The van der Waals surface area contributed by atoms with E-state index < -0.39 is 0 Å². The molecule has 1 fully saturated rings. The SMILES string of the molecule is CC(C(=O)Nc1ncccn1)N1CCC(OCc2ccccc2)CC1. The molecule has 2 heterocycles. The molecule has 6 nitrogen and oxygen atoms in total. The first-order chi connectivity index (χ1) is 12.2. The maximum atomic E-state index is 12.3. The van der Waals surface area contributed by atoms with E-state index in [-0.39, 0.29) is 18.1 Å². The van der Waals surface area contributed by atoms with Gasteiger partial charge in [-0.1, -0.05) is 30.3 Å². The number of carbonyl (C=O) groups excluding carboxylic acids is 1. The molecule has 1 atom stereocenters. The first-order valence-electron chi connectivity index (χ1n) is 8.70. The van der Waals surface area contributed by atoms with E-state index in [1.165, 1.54) is 5.56 Å². The van der Waals surface area contributed by atoms with Crippen LogP contribution in [0.25, 0.3) is 0 Å². The third-order valence-corrected chi connectivity index (χ3v) is 4.53. The number of benzene rings is 1. The zero-order valence-corrected chi connectivity index (χ0v) is 14.5. The number of likely N-dealkylation sites (tertiary alicyclic amines) is 1. The predicted octanol–water partition coefficient (Wildman–Crippen LogP) is 2.48.